The summed E-state index contributed by atoms with van der Waals surface area (Å²) in [6.07, 6.45) is 0. The van der Waals surface area contributed by atoms with E-state index in [4.69, 9.17) is 15.2 Å². The van der Waals surface area contributed by atoms with Gasteiger partial charge in [0.15, 0.2) is 9.47 Å². The van der Waals surface area contributed by atoms with Gasteiger partial charge >= 0.3 is 11.9 Å². The largest absolute Gasteiger partial charge is 0.427 e. The quantitative estimate of drug-likeness (QED) is 0.0672. The van der Waals surface area contributed by atoms with Gasteiger partial charge in [0.2, 0.25) is 18.3 Å². The molecule has 4 heterocycles. The average Bonchev–Trinajstić information content (AvgIpc) is 3.52. The van der Waals surface area contributed by atoms with Gasteiger partial charge in [-0.1, -0.05) is 28.3 Å². The molecule has 2 amide bonds. The minimum atomic E-state index is -1.04. The number of fused-ring (bicyclic) bond motifs is 1. The maximum Gasteiger partial charge on any atom is 0.357 e. The fraction of sp³-hybridized carbons (Fsp3) is 0.476. The molecule has 2 atom stereocenters. The number of nitrogens with two attached hydrogens (primary N) is 1. The summed E-state index contributed by atoms with van der Waals surface area (Å²) in [5.74, 6) is -2.43. The second kappa shape index (κ2) is 12.1. The van der Waals surface area contributed by atoms with Crippen LogP contribution >= 0.6 is 46.4 Å². The van der Waals surface area contributed by atoms with Crippen molar-refractivity contribution >= 4 is 81.0 Å². The van der Waals surface area contributed by atoms with Crippen LogP contribution in [0.3, 0.4) is 0 Å². The summed E-state index contributed by atoms with van der Waals surface area (Å²) in [5.41, 5.74) is 4.83. The Morgan fingerprint density at radius 3 is 2.62 bits per heavy atom. The molecule has 1 unspecified atom stereocenters. The van der Waals surface area contributed by atoms with E-state index in [1.807, 2.05) is 6.92 Å². The first-order valence-corrected chi connectivity index (χ1v) is 15.1. The molecule has 2 aromatic heterocycles. The predicted octanol–water partition coefficient (Wildman–Crippen LogP) is 0.995. The monoisotopic (exact) mass is 628 g/mol. The summed E-state index contributed by atoms with van der Waals surface area (Å²) in [5, 5.41) is 23.0. The van der Waals surface area contributed by atoms with E-state index < -0.39 is 53.1 Å². The van der Waals surface area contributed by atoms with Crippen LogP contribution in [0.4, 0.5) is 5.13 Å². The van der Waals surface area contributed by atoms with Gasteiger partial charge in [-0.15, -0.1) is 22.0 Å². The van der Waals surface area contributed by atoms with Crippen molar-refractivity contribution in [1.82, 2.24) is 29.8 Å². The van der Waals surface area contributed by atoms with Gasteiger partial charge < -0.3 is 25.7 Å². The fourth-order valence-electron chi connectivity index (χ4n) is 3.42. The highest BCUT2D eigenvalue weighted by Crippen LogP contribution is 2.42. The molecule has 0 spiro atoms. The number of rotatable bonds is 9. The lowest BCUT2D eigenvalue weighted by Crippen LogP contribution is -2.71. The molecule has 40 heavy (non-hydrogen) atoms. The molecule has 1 fully saturated rings. The molecule has 0 saturated carbocycles. The molecule has 0 aliphatic carbocycles. The third-order valence-corrected chi connectivity index (χ3v) is 9.31. The summed E-state index contributed by atoms with van der Waals surface area (Å²) < 4.78 is 14.8. The Kier molecular flexibility index (Phi) is 8.96. The normalized spacial score (nSPS) is 19.1. The molecule has 15 nitrogen and oxygen atoms in total. The number of ether oxygens (including phenoxy) is 2. The molecule has 19 heteroatoms. The molecule has 1 saturated heterocycles. The molecule has 0 bridgehead atoms. The second-order valence-corrected chi connectivity index (χ2v) is 13.6. The van der Waals surface area contributed by atoms with Crippen LogP contribution in [0.2, 0.25) is 0 Å². The molecule has 2 aromatic rings. The Balaban J connectivity index is 1.50. The summed E-state index contributed by atoms with van der Waals surface area (Å²) >= 11 is 4.88. The van der Waals surface area contributed by atoms with E-state index in [9.17, 15) is 24.4 Å². The van der Waals surface area contributed by atoms with E-state index in [-0.39, 0.29) is 16.7 Å². The van der Waals surface area contributed by atoms with Crippen molar-refractivity contribution in [3.8, 4) is 0 Å². The fourth-order valence-corrected chi connectivity index (χ4v) is 7.16. The summed E-state index contributed by atoms with van der Waals surface area (Å²) in [6.45, 7) is 6.17. The van der Waals surface area contributed by atoms with Crippen LogP contribution in [0, 0.1) is 12.3 Å². The standard InChI is InChI=1S/C21H24N8O7S4/c1-8-25-26-20(39-8)38-6-9-5-37-16-11(23-14(30)10(27-34)13-24-19(22)40-28-13)15(31)29(16)12(9)17(32)35-7-36-18(33)21(2,3)4/h11,16,34H,5-7H2,1-4H3,(H,23,30)(H2,22,24,28)/b27-10+/t11?,16-/m1/s1. The minimum absolute atomic E-state index is 0.00443. The number of β-lactam (4-membered cyclic amide) rings is 1. The molecular formula is C21H24N8O7S4. The first kappa shape index (κ1) is 29.7. The van der Waals surface area contributed by atoms with E-state index in [0.29, 0.717) is 21.4 Å². The van der Waals surface area contributed by atoms with Crippen LogP contribution in [-0.2, 0) is 28.7 Å². The molecule has 214 valence electrons. The van der Waals surface area contributed by atoms with Crippen molar-refractivity contribution in [2.45, 2.75) is 43.5 Å². The summed E-state index contributed by atoms with van der Waals surface area (Å²) in [7, 11) is 0. The lowest BCUT2D eigenvalue weighted by atomic mass is 9.98. The second-order valence-electron chi connectivity index (χ2n) is 9.33. The Hall–Kier alpha value is -3.29. The van der Waals surface area contributed by atoms with E-state index >= 15 is 0 Å². The van der Waals surface area contributed by atoms with Crippen LogP contribution in [0.5, 0.6) is 0 Å². The third-order valence-electron chi connectivity index (χ3n) is 5.37. The van der Waals surface area contributed by atoms with Crippen LogP contribution in [0.1, 0.15) is 31.6 Å². The maximum absolute atomic E-state index is 13.2. The topological polar surface area (TPSA) is 212 Å². The van der Waals surface area contributed by atoms with Gasteiger partial charge in [-0.25, -0.2) is 4.79 Å². The molecule has 2 aliphatic heterocycles. The number of thioether (sulfide) groups is 2. The predicted molar refractivity (Wildman–Crippen MR) is 147 cm³/mol. The Labute approximate surface area is 244 Å². The number of aromatic nitrogens is 4. The van der Waals surface area contributed by atoms with Crippen molar-refractivity contribution in [3.63, 3.8) is 0 Å². The highest BCUT2D eigenvalue weighted by atomic mass is 32.2. The van der Waals surface area contributed by atoms with E-state index in [0.717, 1.165) is 16.5 Å². The molecule has 0 radical (unpaired) electrons. The van der Waals surface area contributed by atoms with Gasteiger partial charge in [0.1, 0.15) is 22.1 Å². The Morgan fingerprint density at radius 2 is 2.02 bits per heavy atom. The van der Waals surface area contributed by atoms with Gasteiger partial charge in [0, 0.05) is 23.0 Å². The zero-order valence-electron chi connectivity index (χ0n) is 21.6. The number of nitrogens with zero attached hydrogens (tertiary/aromatic N) is 6. The first-order valence-electron chi connectivity index (χ1n) is 11.5. The van der Waals surface area contributed by atoms with Crippen molar-refractivity contribution in [2.24, 2.45) is 10.6 Å². The Bertz CT molecular complexity index is 1400. The van der Waals surface area contributed by atoms with E-state index in [2.05, 4.69) is 30.0 Å². The smallest absolute Gasteiger partial charge is 0.357 e. The molecular weight excluding hydrogens is 605 g/mol. The highest BCUT2D eigenvalue weighted by Gasteiger charge is 2.54. The Morgan fingerprint density at radius 1 is 1.27 bits per heavy atom. The number of hydrogen-bond donors (Lipinski definition) is 3. The summed E-state index contributed by atoms with van der Waals surface area (Å²) in [6, 6.07) is -1.04. The zero-order chi connectivity index (χ0) is 29.2. The van der Waals surface area contributed by atoms with Gasteiger partial charge in [-0.3, -0.25) is 19.3 Å². The van der Waals surface area contributed by atoms with E-state index in [1.165, 1.54) is 39.8 Å². The number of nitrogen functional groups attached to an aromatic ring is 1. The van der Waals surface area contributed by atoms with Crippen LogP contribution in [-0.4, -0.2) is 88.8 Å². The van der Waals surface area contributed by atoms with Crippen LogP contribution in [0.15, 0.2) is 20.8 Å². The number of carbonyl (C=O) groups excluding carboxylic acids is 4. The minimum Gasteiger partial charge on any atom is -0.427 e. The van der Waals surface area contributed by atoms with Crippen molar-refractivity contribution in [2.75, 3.05) is 24.0 Å². The number of oxime groups is 1. The van der Waals surface area contributed by atoms with Crippen LogP contribution in [0.25, 0.3) is 0 Å². The molecule has 4 rings (SSSR count). The van der Waals surface area contributed by atoms with Gasteiger partial charge in [-0.2, -0.15) is 9.36 Å². The van der Waals surface area contributed by atoms with E-state index in [1.54, 1.807) is 20.8 Å². The third kappa shape index (κ3) is 6.37. The SMILES string of the molecule is Cc1nnc(SCC2=C(C(=O)OCOC(=O)C(C)(C)C)N3C(=O)C(NC(=O)/C(=N/O)c4nsc(N)n4)[C@H]3SC2)s1. The zero-order valence-corrected chi connectivity index (χ0v) is 24.8. The lowest BCUT2D eigenvalue weighted by molar-refractivity contribution is -0.173. The number of hydrogen-bond acceptors (Lipinski definition) is 17. The van der Waals surface area contributed by atoms with Crippen LogP contribution < -0.4 is 11.1 Å². The molecule has 4 N–H and O–H groups in total. The maximum atomic E-state index is 13.2. The average molecular weight is 629 g/mol. The molecule has 0 aromatic carbocycles. The van der Waals surface area contributed by atoms with Crippen molar-refractivity contribution in [3.05, 3.63) is 22.1 Å². The lowest BCUT2D eigenvalue weighted by Gasteiger charge is -2.49. The number of esters is 2. The summed E-state index contributed by atoms with van der Waals surface area (Å²) in [4.78, 5) is 56.3. The van der Waals surface area contributed by atoms with Gasteiger partial charge in [-0.05, 0) is 33.3 Å². The first-order chi connectivity index (χ1) is 18.9. The number of anilines is 1. The van der Waals surface area contributed by atoms with Gasteiger partial charge in [0.05, 0.1) is 5.41 Å². The molecule has 2 aliphatic rings. The highest BCUT2D eigenvalue weighted by molar-refractivity contribution is 8.01. The van der Waals surface area contributed by atoms with Crippen molar-refractivity contribution in [1.29, 1.82) is 0 Å². The number of aryl methyl sites for hydroxylation is 1. The van der Waals surface area contributed by atoms with Gasteiger partial charge in [0.25, 0.3) is 11.8 Å². The number of nitrogens with one attached hydrogen (secondary N) is 1. The number of carbonyl (C=O) groups is 4. The number of amides is 2. The van der Waals surface area contributed by atoms with Crippen molar-refractivity contribution < 1.29 is 33.9 Å².